The average molecular weight is 333 g/mol. The molecule has 0 spiro atoms. The molecule has 0 bridgehead atoms. The van der Waals surface area contributed by atoms with Gasteiger partial charge >= 0.3 is 0 Å². The summed E-state index contributed by atoms with van der Waals surface area (Å²) in [5.41, 5.74) is 0.758. The van der Waals surface area contributed by atoms with Crippen molar-refractivity contribution in [1.82, 2.24) is 4.98 Å². The standard InChI is InChI=1S/C18H27N3O3/c1-14(24-13-15-7-2-5-12-23-15)18(22)20-16-8-6-9-19-17(16)21-10-3-4-11-21/h6,8-9,14-15H,2-5,7,10-13H2,1H3,(H,20,22)/t14-,15+/m0/s1. The van der Waals surface area contributed by atoms with E-state index in [4.69, 9.17) is 9.47 Å². The van der Waals surface area contributed by atoms with Crippen LogP contribution >= 0.6 is 0 Å². The van der Waals surface area contributed by atoms with E-state index in [9.17, 15) is 4.79 Å². The third-order valence-electron chi connectivity index (χ3n) is 4.63. The smallest absolute Gasteiger partial charge is 0.253 e. The zero-order chi connectivity index (χ0) is 16.8. The summed E-state index contributed by atoms with van der Waals surface area (Å²) in [7, 11) is 0. The second kappa shape index (κ2) is 8.44. The summed E-state index contributed by atoms with van der Waals surface area (Å²) < 4.78 is 11.3. The second-order valence-electron chi connectivity index (χ2n) is 6.52. The lowest BCUT2D eigenvalue weighted by molar-refractivity contribution is -0.130. The number of carbonyl (C=O) groups excluding carboxylic acids is 1. The minimum atomic E-state index is -0.512. The summed E-state index contributed by atoms with van der Waals surface area (Å²) in [6.07, 6.45) is 7.01. The van der Waals surface area contributed by atoms with Crippen molar-refractivity contribution in [2.75, 3.05) is 36.5 Å². The van der Waals surface area contributed by atoms with Crippen LogP contribution in [0.25, 0.3) is 0 Å². The lowest BCUT2D eigenvalue weighted by Gasteiger charge is -2.24. The molecule has 1 N–H and O–H groups in total. The Kier molecular flexibility index (Phi) is 6.04. The Morgan fingerprint density at radius 2 is 2.25 bits per heavy atom. The Balaban J connectivity index is 1.54. The lowest BCUT2D eigenvalue weighted by Crippen LogP contribution is -2.33. The summed E-state index contributed by atoms with van der Waals surface area (Å²) in [6.45, 7) is 5.03. The van der Waals surface area contributed by atoms with Crippen LogP contribution in [0, 0.1) is 0 Å². The van der Waals surface area contributed by atoms with Gasteiger partial charge in [0.1, 0.15) is 6.10 Å². The van der Waals surface area contributed by atoms with Gasteiger partial charge in [0.25, 0.3) is 5.91 Å². The van der Waals surface area contributed by atoms with Crippen molar-refractivity contribution >= 4 is 17.4 Å². The van der Waals surface area contributed by atoms with Crippen molar-refractivity contribution in [2.45, 2.75) is 51.2 Å². The van der Waals surface area contributed by atoms with Crippen LogP contribution < -0.4 is 10.2 Å². The molecule has 1 amide bonds. The molecule has 24 heavy (non-hydrogen) atoms. The first-order valence-electron chi connectivity index (χ1n) is 8.98. The normalized spacial score (nSPS) is 22.4. The van der Waals surface area contributed by atoms with E-state index in [2.05, 4.69) is 15.2 Å². The van der Waals surface area contributed by atoms with Crippen LogP contribution in [0.4, 0.5) is 11.5 Å². The fourth-order valence-corrected chi connectivity index (χ4v) is 3.18. The van der Waals surface area contributed by atoms with E-state index < -0.39 is 6.10 Å². The van der Waals surface area contributed by atoms with Gasteiger partial charge in [0.05, 0.1) is 18.4 Å². The molecule has 0 aromatic carbocycles. The third kappa shape index (κ3) is 4.45. The van der Waals surface area contributed by atoms with Gasteiger partial charge in [-0.05, 0) is 51.2 Å². The molecule has 2 fully saturated rings. The number of pyridine rings is 1. The van der Waals surface area contributed by atoms with E-state index >= 15 is 0 Å². The Morgan fingerprint density at radius 3 is 3.00 bits per heavy atom. The van der Waals surface area contributed by atoms with Crippen molar-refractivity contribution in [1.29, 1.82) is 0 Å². The number of anilines is 2. The number of carbonyl (C=O) groups is 1. The van der Waals surface area contributed by atoms with Crippen LogP contribution in [-0.2, 0) is 14.3 Å². The molecule has 3 heterocycles. The first kappa shape index (κ1) is 17.2. The Bertz CT molecular complexity index is 540. The van der Waals surface area contributed by atoms with Gasteiger partial charge in [0, 0.05) is 25.9 Å². The number of ether oxygens (including phenoxy) is 2. The van der Waals surface area contributed by atoms with E-state index in [0.29, 0.717) is 6.61 Å². The highest BCUT2D eigenvalue weighted by Gasteiger charge is 2.22. The van der Waals surface area contributed by atoms with Gasteiger partial charge in [-0.25, -0.2) is 4.98 Å². The minimum absolute atomic E-state index is 0.118. The minimum Gasteiger partial charge on any atom is -0.376 e. The number of hydrogen-bond acceptors (Lipinski definition) is 5. The average Bonchev–Trinajstić information content (AvgIpc) is 3.15. The van der Waals surface area contributed by atoms with Crippen LogP contribution in [-0.4, -0.2) is 49.4 Å². The Labute approximate surface area is 143 Å². The topological polar surface area (TPSA) is 63.7 Å². The number of aromatic nitrogens is 1. The third-order valence-corrected chi connectivity index (χ3v) is 4.63. The summed E-state index contributed by atoms with van der Waals surface area (Å²) in [5.74, 6) is 0.713. The molecular weight excluding hydrogens is 306 g/mol. The molecule has 2 aliphatic rings. The molecule has 1 aromatic rings. The van der Waals surface area contributed by atoms with Crippen LogP contribution in [0.5, 0.6) is 0 Å². The fraction of sp³-hybridized carbons (Fsp3) is 0.667. The lowest BCUT2D eigenvalue weighted by atomic mass is 10.1. The first-order valence-corrected chi connectivity index (χ1v) is 8.98. The van der Waals surface area contributed by atoms with Gasteiger partial charge < -0.3 is 19.7 Å². The highest BCUT2D eigenvalue weighted by atomic mass is 16.5. The van der Waals surface area contributed by atoms with Gasteiger partial charge in [-0.3, -0.25) is 4.79 Å². The molecule has 6 nitrogen and oxygen atoms in total. The quantitative estimate of drug-likeness (QED) is 0.867. The summed E-state index contributed by atoms with van der Waals surface area (Å²) in [5, 5.41) is 2.97. The molecule has 2 saturated heterocycles. The van der Waals surface area contributed by atoms with E-state index in [-0.39, 0.29) is 12.0 Å². The van der Waals surface area contributed by atoms with Crippen molar-refractivity contribution < 1.29 is 14.3 Å². The number of hydrogen-bond donors (Lipinski definition) is 1. The van der Waals surface area contributed by atoms with Crippen molar-refractivity contribution in [3.05, 3.63) is 18.3 Å². The number of rotatable bonds is 6. The molecule has 0 saturated carbocycles. The van der Waals surface area contributed by atoms with E-state index in [0.717, 1.165) is 44.0 Å². The zero-order valence-corrected chi connectivity index (χ0v) is 14.4. The molecule has 1 aromatic heterocycles. The predicted molar refractivity (Wildman–Crippen MR) is 93.3 cm³/mol. The van der Waals surface area contributed by atoms with Gasteiger partial charge in [-0.15, -0.1) is 0 Å². The van der Waals surface area contributed by atoms with Crippen LogP contribution in [0.15, 0.2) is 18.3 Å². The van der Waals surface area contributed by atoms with Crippen molar-refractivity contribution in [2.24, 2.45) is 0 Å². The highest BCUT2D eigenvalue weighted by Crippen LogP contribution is 2.26. The molecule has 6 heteroatoms. The van der Waals surface area contributed by atoms with Gasteiger partial charge in [0.15, 0.2) is 5.82 Å². The SMILES string of the molecule is C[C@H](OC[C@H]1CCCCO1)C(=O)Nc1cccnc1N1CCCC1. The van der Waals surface area contributed by atoms with E-state index in [1.165, 1.54) is 19.3 Å². The predicted octanol–water partition coefficient (Wildman–Crippen LogP) is 2.59. The van der Waals surface area contributed by atoms with E-state index in [1.54, 1.807) is 13.1 Å². The number of nitrogens with zero attached hydrogens (tertiary/aromatic N) is 2. The van der Waals surface area contributed by atoms with Crippen LogP contribution in [0.2, 0.25) is 0 Å². The number of nitrogens with one attached hydrogen (secondary N) is 1. The fourth-order valence-electron chi connectivity index (χ4n) is 3.18. The Hall–Kier alpha value is -1.66. The summed E-state index contributed by atoms with van der Waals surface area (Å²) in [4.78, 5) is 19.1. The molecule has 2 atom stereocenters. The maximum Gasteiger partial charge on any atom is 0.253 e. The Morgan fingerprint density at radius 1 is 1.42 bits per heavy atom. The summed E-state index contributed by atoms with van der Waals surface area (Å²) >= 11 is 0. The van der Waals surface area contributed by atoms with Gasteiger partial charge in [0.2, 0.25) is 0 Å². The zero-order valence-electron chi connectivity index (χ0n) is 14.4. The molecule has 0 unspecified atom stereocenters. The maximum atomic E-state index is 12.4. The largest absolute Gasteiger partial charge is 0.376 e. The van der Waals surface area contributed by atoms with Gasteiger partial charge in [-0.1, -0.05) is 0 Å². The van der Waals surface area contributed by atoms with Crippen molar-refractivity contribution in [3.63, 3.8) is 0 Å². The molecular formula is C18H27N3O3. The second-order valence-corrected chi connectivity index (χ2v) is 6.52. The van der Waals surface area contributed by atoms with E-state index in [1.807, 2.05) is 12.1 Å². The van der Waals surface area contributed by atoms with Gasteiger partial charge in [-0.2, -0.15) is 0 Å². The van der Waals surface area contributed by atoms with Crippen LogP contribution in [0.3, 0.4) is 0 Å². The monoisotopic (exact) mass is 333 g/mol. The van der Waals surface area contributed by atoms with Crippen molar-refractivity contribution in [3.8, 4) is 0 Å². The first-order chi connectivity index (χ1) is 11.7. The molecule has 3 rings (SSSR count). The number of amides is 1. The molecule has 132 valence electrons. The summed E-state index contributed by atoms with van der Waals surface area (Å²) in [6, 6.07) is 3.74. The molecule has 0 aliphatic carbocycles. The molecule has 2 aliphatic heterocycles. The molecule has 0 radical (unpaired) electrons. The highest BCUT2D eigenvalue weighted by molar-refractivity contribution is 5.96. The maximum absolute atomic E-state index is 12.4. The van der Waals surface area contributed by atoms with Crippen LogP contribution in [0.1, 0.15) is 39.0 Å².